The smallest absolute Gasteiger partial charge is 0.391 e. The third-order valence-electron chi connectivity index (χ3n) is 3.94. The largest absolute Gasteiger partial charge is 0.480 e. The van der Waals surface area contributed by atoms with Gasteiger partial charge in [0.25, 0.3) is 0 Å². The fraction of sp³-hybridized carbons (Fsp3) is 0.444. The fourth-order valence-corrected chi connectivity index (χ4v) is 2.41. The molecule has 0 bridgehead atoms. The first kappa shape index (κ1) is 21.4. The molecule has 2 rings (SSSR count). The van der Waals surface area contributed by atoms with E-state index in [1.165, 1.54) is 0 Å². The zero-order valence-corrected chi connectivity index (χ0v) is 15.3. The molecule has 7 nitrogen and oxygen atoms in total. The molecule has 0 aliphatic rings. The maximum absolute atomic E-state index is 12.4. The van der Waals surface area contributed by atoms with E-state index in [1.54, 1.807) is 0 Å². The van der Waals surface area contributed by atoms with E-state index < -0.39 is 30.5 Å². The van der Waals surface area contributed by atoms with Gasteiger partial charge in [-0.1, -0.05) is 43.3 Å². The molecule has 2 N–H and O–H groups in total. The normalized spacial score (nSPS) is 12.8. The summed E-state index contributed by atoms with van der Waals surface area (Å²) in [6.45, 7) is 4.13. The Labute approximate surface area is 158 Å². The Bertz CT molecular complexity index is 816. The van der Waals surface area contributed by atoms with Gasteiger partial charge in [0, 0.05) is 18.4 Å². The minimum atomic E-state index is -4.71. The molecular weight excluding hydrogens is 379 g/mol. The van der Waals surface area contributed by atoms with Gasteiger partial charge in [-0.2, -0.15) is 18.2 Å². The van der Waals surface area contributed by atoms with Crippen molar-refractivity contribution >= 4 is 11.9 Å². The molecule has 10 heteroatoms. The Morgan fingerprint density at radius 2 is 1.86 bits per heavy atom. The van der Waals surface area contributed by atoms with Crippen molar-refractivity contribution in [1.29, 1.82) is 0 Å². The Morgan fingerprint density at radius 1 is 1.21 bits per heavy atom. The highest BCUT2D eigenvalue weighted by atomic mass is 19.4. The van der Waals surface area contributed by atoms with Crippen molar-refractivity contribution in [3.63, 3.8) is 0 Å². The second-order valence-electron chi connectivity index (χ2n) is 6.57. The van der Waals surface area contributed by atoms with Gasteiger partial charge in [-0.25, -0.2) is 4.79 Å². The predicted octanol–water partition coefficient (Wildman–Crippen LogP) is 3.31. The quantitative estimate of drug-likeness (QED) is 0.706. The Kier molecular flexibility index (Phi) is 6.76. The van der Waals surface area contributed by atoms with Gasteiger partial charge in [-0.3, -0.25) is 4.79 Å². The average Bonchev–Trinajstić information content (AvgIpc) is 3.07. The van der Waals surface area contributed by atoms with Crippen LogP contribution in [0.1, 0.15) is 44.1 Å². The van der Waals surface area contributed by atoms with E-state index in [9.17, 15) is 22.8 Å². The van der Waals surface area contributed by atoms with Gasteiger partial charge >= 0.3 is 12.1 Å². The molecule has 1 atom stereocenters. The van der Waals surface area contributed by atoms with E-state index in [0.29, 0.717) is 11.7 Å². The van der Waals surface area contributed by atoms with E-state index in [2.05, 4.69) is 24.0 Å². The van der Waals surface area contributed by atoms with Crippen molar-refractivity contribution in [3.8, 4) is 11.4 Å². The molecule has 152 valence electrons. The summed E-state index contributed by atoms with van der Waals surface area (Å²) >= 11 is 0. The van der Waals surface area contributed by atoms with Crippen LogP contribution < -0.4 is 5.32 Å². The molecule has 0 saturated heterocycles. The molecule has 0 spiro atoms. The van der Waals surface area contributed by atoms with Crippen molar-refractivity contribution in [2.75, 3.05) is 0 Å². The number of amides is 1. The van der Waals surface area contributed by atoms with Gasteiger partial charge in [-0.05, 0) is 11.5 Å². The molecule has 1 unspecified atom stereocenters. The maximum atomic E-state index is 12.4. The summed E-state index contributed by atoms with van der Waals surface area (Å²) in [6, 6.07) is 5.52. The van der Waals surface area contributed by atoms with E-state index in [1.807, 2.05) is 29.6 Å². The number of nitrogens with one attached hydrogen (secondary N) is 1. The number of carbonyl (C=O) groups excluding carboxylic acids is 1. The number of aliphatic carboxylic acids is 1. The van der Waals surface area contributed by atoms with Crippen LogP contribution in [-0.4, -0.2) is 39.3 Å². The molecule has 28 heavy (non-hydrogen) atoms. The standard InChI is InChI=1S/C18H20F3N3O4/c1-10(2)11-3-5-12(6-4-11)16-23-15(28-24-16)8-7-14(25)22-13(17(26)27)9-18(19,20)21/h3-6,10,13H,7-9H2,1-2H3,(H,22,25)(H,26,27). The third kappa shape index (κ3) is 6.36. The van der Waals surface area contributed by atoms with Crippen molar-refractivity contribution in [1.82, 2.24) is 15.5 Å². The summed E-state index contributed by atoms with van der Waals surface area (Å²) in [7, 11) is 0. The van der Waals surface area contributed by atoms with Crippen LogP contribution in [0.2, 0.25) is 0 Å². The molecule has 0 radical (unpaired) electrons. The number of carboxylic acids is 1. The molecule has 1 aromatic carbocycles. The number of halogens is 3. The number of hydrogen-bond acceptors (Lipinski definition) is 5. The van der Waals surface area contributed by atoms with Gasteiger partial charge in [0.2, 0.25) is 17.6 Å². The van der Waals surface area contributed by atoms with Crippen LogP contribution in [0.3, 0.4) is 0 Å². The highest BCUT2D eigenvalue weighted by Gasteiger charge is 2.36. The van der Waals surface area contributed by atoms with Crippen LogP contribution in [0.15, 0.2) is 28.8 Å². The van der Waals surface area contributed by atoms with E-state index >= 15 is 0 Å². The van der Waals surface area contributed by atoms with Crippen molar-refractivity contribution in [2.24, 2.45) is 0 Å². The van der Waals surface area contributed by atoms with Crippen LogP contribution in [0, 0.1) is 0 Å². The summed E-state index contributed by atoms with van der Waals surface area (Å²) in [5.41, 5.74) is 1.87. The predicted molar refractivity (Wildman–Crippen MR) is 92.4 cm³/mol. The summed E-state index contributed by atoms with van der Waals surface area (Å²) < 4.78 is 42.1. The first-order valence-electron chi connectivity index (χ1n) is 8.57. The lowest BCUT2D eigenvalue weighted by Crippen LogP contribution is -2.43. The number of carboxylic acid groups (broad SMARTS) is 1. The number of benzene rings is 1. The van der Waals surface area contributed by atoms with Gasteiger partial charge in [0.05, 0.1) is 6.42 Å². The average molecular weight is 399 g/mol. The second kappa shape index (κ2) is 8.85. The van der Waals surface area contributed by atoms with E-state index in [4.69, 9.17) is 9.63 Å². The Balaban J connectivity index is 1.92. The third-order valence-corrected chi connectivity index (χ3v) is 3.94. The summed E-state index contributed by atoms with van der Waals surface area (Å²) in [5.74, 6) is -1.78. The molecule has 0 aliphatic carbocycles. The first-order chi connectivity index (χ1) is 13.0. The number of aromatic nitrogens is 2. The summed E-state index contributed by atoms with van der Waals surface area (Å²) in [6.07, 6.45) is -6.66. The zero-order chi connectivity index (χ0) is 20.9. The van der Waals surface area contributed by atoms with Gasteiger partial charge in [0.1, 0.15) is 6.04 Å². The Hall–Kier alpha value is -2.91. The number of alkyl halides is 3. The lowest BCUT2D eigenvalue weighted by molar-refractivity contribution is -0.160. The summed E-state index contributed by atoms with van der Waals surface area (Å²) in [5, 5.41) is 14.5. The number of hydrogen-bond donors (Lipinski definition) is 2. The van der Waals surface area contributed by atoms with E-state index in [-0.39, 0.29) is 18.7 Å². The lowest BCUT2D eigenvalue weighted by atomic mass is 10.0. The second-order valence-corrected chi connectivity index (χ2v) is 6.57. The topological polar surface area (TPSA) is 105 Å². The fourth-order valence-electron chi connectivity index (χ4n) is 2.41. The van der Waals surface area contributed by atoms with Gasteiger partial charge in [0.15, 0.2) is 0 Å². The van der Waals surface area contributed by atoms with Crippen molar-refractivity contribution < 1.29 is 32.4 Å². The van der Waals surface area contributed by atoms with Crippen LogP contribution in [-0.2, 0) is 16.0 Å². The lowest BCUT2D eigenvalue weighted by Gasteiger charge is -2.15. The number of carbonyl (C=O) groups is 2. The van der Waals surface area contributed by atoms with E-state index in [0.717, 1.165) is 11.1 Å². The monoisotopic (exact) mass is 399 g/mol. The molecule has 2 aromatic rings. The molecule has 0 saturated carbocycles. The highest BCUT2D eigenvalue weighted by Crippen LogP contribution is 2.22. The molecular formula is C18H20F3N3O4. The number of aryl methyl sites for hydroxylation is 1. The zero-order valence-electron chi connectivity index (χ0n) is 15.3. The van der Waals surface area contributed by atoms with Gasteiger partial charge < -0.3 is 14.9 Å². The minimum Gasteiger partial charge on any atom is -0.480 e. The van der Waals surface area contributed by atoms with Crippen molar-refractivity contribution in [2.45, 2.75) is 51.2 Å². The minimum absolute atomic E-state index is 0.0265. The molecule has 0 fully saturated rings. The molecule has 1 amide bonds. The molecule has 0 aliphatic heterocycles. The molecule has 1 heterocycles. The SMILES string of the molecule is CC(C)c1ccc(-c2noc(CCC(=O)NC(CC(F)(F)F)C(=O)O)n2)cc1. The van der Waals surface area contributed by atoms with Crippen molar-refractivity contribution in [3.05, 3.63) is 35.7 Å². The van der Waals surface area contributed by atoms with Crippen LogP contribution >= 0.6 is 0 Å². The maximum Gasteiger partial charge on any atom is 0.391 e. The van der Waals surface area contributed by atoms with Crippen LogP contribution in [0.25, 0.3) is 11.4 Å². The first-order valence-corrected chi connectivity index (χ1v) is 8.57. The van der Waals surface area contributed by atoms with Gasteiger partial charge in [-0.15, -0.1) is 0 Å². The molecule has 1 aromatic heterocycles. The summed E-state index contributed by atoms with van der Waals surface area (Å²) in [4.78, 5) is 26.8. The highest BCUT2D eigenvalue weighted by molar-refractivity contribution is 5.83. The van der Waals surface area contributed by atoms with Crippen LogP contribution in [0.4, 0.5) is 13.2 Å². The Morgan fingerprint density at radius 3 is 2.39 bits per heavy atom. The van der Waals surface area contributed by atoms with Crippen LogP contribution in [0.5, 0.6) is 0 Å². The number of rotatable bonds is 8. The number of nitrogens with zero attached hydrogens (tertiary/aromatic N) is 2.